The van der Waals surface area contributed by atoms with Gasteiger partial charge in [0, 0.05) is 25.3 Å². The van der Waals surface area contributed by atoms with Crippen LogP contribution >= 0.6 is 0 Å². The van der Waals surface area contributed by atoms with Gasteiger partial charge in [-0.25, -0.2) is 13.2 Å². The lowest BCUT2D eigenvalue weighted by molar-refractivity contribution is -0.139. The topological polar surface area (TPSA) is 123 Å². The van der Waals surface area contributed by atoms with Crippen molar-refractivity contribution >= 4 is 33.5 Å². The monoisotopic (exact) mass is 735 g/mol. The average Bonchev–Trinajstić information content (AvgIpc) is 3.15. The number of rotatable bonds is 17. The van der Waals surface area contributed by atoms with Crippen molar-refractivity contribution in [1.82, 2.24) is 5.32 Å². The van der Waals surface area contributed by atoms with Crippen LogP contribution < -0.4 is 24.4 Å². The smallest absolute Gasteiger partial charge is 0.406 e. The molecule has 0 aliphatic rings. The SMILES string of the molecule is COC(=O)NCCCC(Cc1ccccc1)C(=O)Oc1ccc(Oc2ccc(CN(Cc3ccccc3)c3cccc(NS(C)(=O)=O)c3C)cc2)cc1. The molecule has 276 valence electrons. The lowest BCUT2D eigenvalue weighted by Crippen LogP contribution is -2.27. The minimum absolute atomic E-state index is 0.342. The summed E-state index contributed by atoms with van der Waals surface area (Å²) in [6, 6.07) is 40.3. The molecule has 0 saturated carbocycles. The highest BCUT2D eigenvalue weighted by Crippen LogP contribution is 2.31. The second-order valence-electron chi connectivity index (χ2n) is 12.8. The number of anilines is 2. The molecule has 0 fully saturated rings. The Hall–Kier alpha value is -5.81. The number of ether oxygens (including phenoxy) is 3. The Balaban J connectivity index is 1.22. The Bertz CT molecular complexity index is 2040. The first-order valence-corrected chi connectivity index (χ1v) is 19.3. The van der Waals surface area contributed by atoms with Crippen LogP contribution in [0, 0.1) is 12.8 Å². The van der Waals surface area contributed by atoms with E-state index >= 15 is 0 Å². The van der Waals surface area contributed by atoms with Crippen LogP contribution in [0.25, 0.3) is 0 Å². The highest BCUT2D eigenvalue weighted by atomic mass is 32.2. The van der Waals surface area contributed by atoms with Gasteiger partial charge in [0.25, 0.3) is 0 Å². The summed E-state index contributed by atoms with van der Waals surface area (Å²) in [7, 11) is -2.12. The maximum absolute atomic E-state index is 13.3. The number of hydrogen-bond acceptors (Lipinski definition) is 8. The zero-order valence-corrected chi connectivity index (χ0v) is 31.0. The third-order valence-corrected chi connectivity index (χ3v) is 9.17. The molecule has 0 bridgehead atoms. The Morgan fingerprint density at radius 2 is 1.28 bits per heavy atom. The zero-order chi connectivity index (χ0) is 37.6. The van der Waals surface area contributed by atoms with Crippen LogP contribution in [0.1, 0.15) is 35.1 Å². The molecule has 0 heterocycles. The van der Waals surface area contributed by atoms with E-state index in [1.54, 1.807) is 30.3 Å². The molecule has 5 aromatic rings. The molecule has 11 heteroatoms. The third kappa shape index (κ3) is 12.1. The molecule has 1 amide bonds. The molecule has 5 rings (SSSR count). The van der Waals surface area contributed by atoms with E-state index in [9.17, 15) is 18.0 Å². The summed E-state index contributed by atoms with van der Waals surface area (Å²) < 4.78 is 43.2. The van der Waals surface area contributed by atoms with Crippen LogP contribution in [-0.4, -0.2) is 40.4 Å². The quantitative estimate of drug-likeness (QED) is 0.0556. The van der Waals surface area contributed by atoms with Gasteiger partial charge in [0.2, 0.25) is 10.0 Å². The number of sulfonamides is 1. The number of nitrogens with zero attached hydrogens (tertiary/aromatic N) is 1. The second kappa shape index (κ2) is 18.6. The zero-order valence-electron chi connectivity index (χ0n) is 30.2. The predicted octanol–water partition coefficient (Wildman–Crippen LogP) is 8.27. The van der Waals surface area contributed by atoms with E-state index in [0.29, 0.717) is 61.8 Å². The summed E-state index contributed by atoms with van der Waals surface area (Å²) in [5, 5.41) is 2.65. The van der Waals surface area contributed by atoms with Gasteiger partial charge in [-0.3, -0.25) is 9.52 Å². The molecular weight excluding hydrogens is 691 g/mol. The van der Waals surface area contributed by atoms with Crippen molar-refractivity contribution in [2.75, 3.05) is 29.5 Å². The van der Waals surface area contributed by atoms with Gasteiger partial charge in [-0.1, -0.05) is 78.9 Å². The van der Waals surface area contributed by atoms with Crippen molar-refractivity contribution in [3.05, 3.63) is 150 Å². The molecule has 0 saturated heterocycles. The van der Waals surface area contributed by atoms with E-state index < -0.39 is 22.0 Å². The molecule has 0 radical (unpaired) electrons. The molecule has 2 N–H and O–H groups in total. The van der Waals surface area contributed by atoms with Gasteiger partial charge in [-0.05, 0) is 97.0 Å². The van der Waals surface area contributed by atoms with Crippen molar-refractivity contribution in [3.63, 3.8) is 0 Å². The first-order valence-electron chi connectivity index (χ1n) is 17.4. The standard InChI is InChI=1S/C42H45N3O7S/c1-31-39(44-53(3,48)49)17-10-18-40(31)45(29-33-14-8-5-9-15-33)30-34-19-21-36(22-20-34)51-37-23-25-38(26-24-37)52-41(46)35(16-11-27-43-42(47)50-2)28-32-12-6-4-7-13-32/h4-10,12-15,17-26,35,44H,11,16,27-30H2,1-3H3,(H,43,47). The number of nitrogens with one attached hydrogen (secondary N) is 2. The molecule has 0 aliphatic heterocycles. The average molecular weight is 736 g/mol. The highest BCUT2D eigenvalue weighted by Gasteiger charge is 2.22. The summed E-state index contributed by atoms with van der Waals surface area (Å²) in [6.07, 6.45) is 2.29. The molecule has 0 aromatic heterocycles. The van der Waals surface area contributed by atoms with Crippen molar-refractivity contribution in [1.29, 1.82) is 0 Å². The van der Waals surface area contributed by atoms with Crippen LogP contribution in [0.4, 0.5) is 16.2 Å². The number of amides is 1. The van der Waals surface area contributed by atoms with E-state index in [1.165, 1.54) is 7.11 Å². The van der Waals surface area contributed by atoms with Gasteiger partial charge < -0.3 is 24.4 Å². The van der Waals surface area contributed by atoms with E-state index in [2.05, 4.69) is 31.8 Å². The van der Waals surface area contributed by atoms with Gasteiger partial charge in [-0.2, -0.15) is 0 Å². The van der Waals surface area contributed by atoms with Crippen molar-refractivity contribution in [2.45, 2.75) is 39.3 Å². The number of benzene rings is 5. The van der Waals surface area contributed by atoms with Gasteiger partial charge >= 0.3 is 12.1 Å². The van der Waals surface area contributed by atoms with Crippen LogP contribution in [0.5, 0.6) is 17.2 Å². The fourth-order valence-corrected chi connectivity index (χ4v) is 6.53. The summed E-state index contributed by atoms with van der Waals surface area (Å²) >= 11 is 0. The minimum atomic E-state index is -3.44. The maximum Gasteiger partial charge on any atom is 0.406 e. The normalized spacial score (nSPS) is 11.6. The Labute approximate surface area is 311 Å². The minimum Gasteiger partial charge on any atom is -0.457 e. The van der Waals surface area contributed by atoms with Crippen molar-refractivity contribution in [3.8, 4) is 17.2 Å². The van der Waals surface area contributed by atoms with Crippen LogP contribution in [0.15, 0.2) is 127 Å². The Morgan fingerprint density at radius 3 is 1.89 bits per heavy atom. The van der Waals surface area contributed by atoms with Gasteiger partial charge in [0.05, 0.1) is 25.0 Å². The molecule has 1 unspecified atom stereocenters. The van der Waals surface area contributed by atoms with E-state index in [1.807, 2.05) is 91.9 Å². The number of alkyl carbamates (subject to hydrolysis) is 1. The van der Waals surface area contributed by atoms with Crippen molar-refractivity contribution in [2.24, 2.45) is 5.92 Å². The lowest BCUT2D eigenvalue weighted by atomic mass is 9.95. The van der Waals surface area contributed by atoms with Gasteiger partial charge in [0.15, 0.2) is 0 Å². The number of carbonyl (C=O) groups excluding carboxylic acids is 2. The van der Waals surface area contributed by atoms with E-state index in [4.69, 9.17) is 9.47 Å². The summed E-state index contributed by atoms with van der Waals surface area (Å²) in [4.78, 5) is 26.9. The third-order valence-electron chi connectivity index (χ3n) is 8.57. The molecule has 10 nitrogen and oxygen atoms in total. The highest BCUT2D eigenvalue weighted by molar-refractivity contribution is 7.92. The summed E-state index contributed by atoms with van der Waals surface area (Å²) in [5.74, 6) is 0.905. The summed E-state index contributed by atoms with van der Waals surface area (Å²) in [5.41, 5.74) is 5.50. The first kappa shape index (κ1) is 38.4. The van der Waals surface area contributed by atoms with Crippen LogP contribution in [0.2, 0.25) is 0 Å². The second-order valence-corrected chi connectivity index (χ2v) is 14.5. The number of carbonyl (C=O) groups is 2. The maximum atomic E-state index is 13.3. The first-order chi connectivity index (χ1) is 25.6. The molecule has 5 aromatic carbocycles. The van der Waals surface area contributed by atoms with E-state index in [0.717, 1.165) is 34.2 Å². The molecule has 53 heavy (non-hydrogen) atoms. The fraction of sp³-hybridized carbons (Fsp3) is 0.238. The molecule has 0 aliphatic carbocycles. The summed E-state index contributed by atoms with van der Waals surface area (Å²) in [6.45, 7) is 3.51. The number of esters is 1. The number of hydrogen-bond donors (Lipinski definition) is 2. The van der Waals surface area contributed by atoms with Crippen LogP contribution in [0.3, 0.4) is 0 Å². The molecular formula is C42H45N3O7S. The molecule has 1 atom stereocenters. The number of methoxy groups -OCH3 is 1. The van der Waals surface area contributed by atoms with Gasteiger partial charge in [0.1, 0.15) is 17.2 Å². The molecule has 0 spiro atoms. The Kier molecular flexibility index (Phi) is 13.5. The predicted molar refractivity (Wildman–Crippen MR) is 208 cm³/mol. The van der Waals surface area contributed by atoms with Crippen LogP contribution in [-0.2, 0) is 39.1 Å². The fourth-order valence-electron chi connectivity index (χ4n) is 5.91. The Morgan fingerprint density at radius 1 is 0.717 bits per heavy atom. The largest absolute Gasteiger partial charge is 0.457 e. The van der Waals surface area contributed by atoms with E-state index in [-0.39, 0.29) is 5.97 Å². The lowest BCUT2D eigenvalue weighted by Gasteiger charge is -2.28. The van der Waals surface area contributed by atoms with Crippen molar-refractivity contribution < 1.29 is 32.2 Å². The van der Waals surface area contributed by atoms with Gasteiger partial charge in [-0.15, -0.1) is 0 Å².